The summed E-state index contributed by atoms with van der Waals surface area (Å²) >= 11 is 0. The van der Waals surface area contributed by atoms with E-state index in [0.29, 0.717) is 11.5 Å². The minimum absolute atomic E-state index is 0.419. The van der Waals surface area contributed by atoms with Gasteiger partial charge in [0.15, 0.2) is 0 Å². The van der Waals surface area contributed by atoms with Crippen molar-refractivity contribution in [2.24, 2.45) is 11.3 Å². The van der Waals surface area contributed by atoms with Crippen LogP contribution in [-0.4, -0.2) is 12.6 Å². The van der Waals surface area contributed by atoms with Gasteiger partial charge in [0, 0.05) is 12.6 Å². The Labute approximate surface area is 84.3 Å². The molecule has 0 atom stereocenters. The van der Waals surface area contributed by atoms with Crippen LogP contribution in [0.3, 0.4) is 0 Å². The quantitative estimate of drug-likeness (QED) is 0.668. The lowest BCUT2D eigenvalue weighted by Gasteiger charge is -2.31. The smallest absolute Gasteiger partial charge is 0.00620 e. The van der Waals surface area contributed by atoms with E-state index in [-0.39, 0.29) is 0 Å². The summed E-state index contributed by atoms with van der Waals surface area (Å²) in [6.45, 7) is 14.9. The molecule has 0 saturated heterocycles. The first-order valence-corrected chi connectivity index (χ1v) is 5.67. The number of rotatable bonds is 6. The Kier molecular flexibility index (Phi) is 5.62. The lowest BCUT2D eigenvalue weighted by atomic mass is 9.81. The Balaban J connectivity index is 3.85. The lowest BCUT2D eigenvalue weighted by Crippen LogP contribution is -2.38. The fourth-order valence-corrected chi connectivity index (χ4v) is 1.19. The molecule has 80 valence electrons. The Bertz CT molecular complexity index is 123. The van der Waals surface area contributed by atoms with Gasteiger partial charge in [0.05, 0.1) is 0 Å². The Morgan fingerprint density at radius 2 is 1.54 bits per heavy atom. The molecule has 0 saturated carbocycles. The van der Waals surface area contributed by atoms with E-state index in [1.807, 2.05) is 0 Å². The zero-order chi connectivity index (χ0) is 10.5. The maximum atomic E-state index is 3.64. The molecule has 0 unspecified atom stereocenters. The summed E-state index contributed by atoms with van der Waals surface area (Å²) in [4.78, 5) is 0. The first-order valence-electron chi connectivity index (χ1n) is 5.67. The van der Waals surface area contributed by atoms with E-state index in [2.05, 4.69) is 46.9 Å². The molecule has 13 heavy (non-hydrogen) atoms. The summed E-state index contributed by atoms with van der Waals surface area (Å²) < 4.78 is 0. The molecule has 0 amide bonds. The van der Waals surface area contributed by atoms with E-state index in [1.54, 1.807) is 0 Å². The van der Waals surface area contributed by atoms with Crippen LogP contribution in [-0.2, 0) is 0 Å². The van der Waals surface area contributed by atoms with E-state index in [4.69, 9.17) is 0 Å². The minimum atomic E-state index is 0.419. The standard InChI is InChI=1S/C12H27N/c1-7-11(8-2)13-9-12(5,6)10(3)4/h10-11,13H,7-9H2,1-6H3. The van der Waals surface area contributed by atoms with Crippen molar-refractivity contribution in [2.45, 2.75) is 60.4 Å². The third kappa shape index (κ3) is 4.66. The predicted molar refractivity (Wildman–Crippen MR) is 61.0 cm³/mol. The summed E-state index contributed by atoms with van der Waals surface area (Å²) in [6.07, 6.45) is 2.48. The fraction of sp³-hybridized carbons (Fsp3) is 1.00. The fourth-order valence-electron chi connectivity index (χ4n) is 1.19. The van der Waals surface area contributed by atoms with Crippen LogP contribution in [0.5, 0.6) is 0 Å². The molecule has 0 aromatic heterocycles. The van der Waals surface area contributed by atoms with Gasteiger partial charge in [-0.2, -0.15) is 0 Å². The van der Waals surface area contributed by atoms with Gasteiger partial charge < -0.3 is 5.32 Å². The second-order valence-electron chi connectivity index (χ2n) is 5.04. The molecule has 0 fully saturated rings. The lowest BCUT2D eigenvalue weighted by molar-refractivity contribution is 0.226. The molecule has 0 aliphatic carbocycles. The van der Waals surface area contributed by atoms with Gasteiger partial charge in [-0.3, -0.25) is 0 Å². The van der Waals surface area contributed by atoms with Crippen molar-refractivity contribution >= 4 is 0 Å². The highest BCUT2D eigenvalue weighted by molar-refractivity contribution is 4.77. The first-order chi connectivity index (χ1) is 5.94. The number of hydrogen-bond acceptors (Lipinski definition) is 1. The zero-order valence-corrected chi connectivity index (χ0v) is 10.3. The molecular formula is C12H27N. The summed E-state index contributed by atoms with van der Waals surface area (Å²) in [6, 6.07) is 0.707. The first kappa shape index (κ1) is 13.0. The predicted octanol–water partition coefficient (Wildman–Crippen LogP) is 3.45. The van der Waals surface area contributed by atoms with Crippen molar-refractivity contribution in [3.63, 3.8) is 0 Å². The third-order valence-electron chi connectivity index (χ3n) is 3.39. The van der Waals surface area contributed by atoms with Crippen LogP contribution >= 0.6 is 0 Å². The van der Waals surface area contributed by atoms with Crippen molar-refractivity contribution < 1.29 is 0 Å². The second-order valence-corrected chi connectivity index (χ2v) is 5.04. The average molecular weight is 185 g/mol. The van der Waals surface area contributed by atoms with Crippen molar-refractivity contribution in [1.29, 1.82) is 0 Å². The summed E-state index contributed by atoms with van der Waals surface area (Å²) in [5.74, 6) is 0.745. The van der Waals surface area contributed by atoms with Crippen molar-refractivity contribution in [3.05, 3.63) is 0 Å². The number of hydrogen-bond donors (Lipinski definition) is 1. The topological polar surface area (TPSA) is 12.0 Å². The van der Waals surface area contributed by atoms with Gasteiger partial charge in [-0.05, 0) is 24.2 Å². The van der Waals surface area contributed by atoms with Gasteiger partial charge in [0.25, 0.3) is 0 Å². The summed E-state index contributed by atoms with van der Waals surface area (Å²) in [5, 5.41) is 3.64. The summed E-state index contributed by atoms with van der Waals surface area (Å²) in [5.41, 5.74) is 0.419. The highest BCUT2D eigenvalue weighted by Gasteiger charge is 2.22. The number of nitrogens with one attached hydrogen (secondary N) is 1. The van der Waals surface area contributed by atoms with Gasteiger partial charge in [0.1, 0.15) is 0 Å². The average Bonchev–Trinajstić information content (AvgIpc) is 2.06. The maximum absolute atomic E-state index is 3.64. The van der Waals surface area contributed by atoms with E-state index in [0.717, 1.165) is 12.5 Å². The van der Waals surface area contributed by atoms with Gasteiger partial charge in [-0.15, -0.1) is 0 Å². The zero-order valence-electron chi connectivity index (χ0n) is 10.3. The van der Waals surface area contributed by atoms with Gasteiger partial charge in [-0.25, -0.2) is 0 Å². The molecule has 1 nitrogen and oxygen atoms in total. The molecule has 0 spiro atoms. The molecule has 0 aliphatic rings. The summed E-state index contributed by atoms with van der Waals surface area (Å²) in [7, 11) is 0. The largest absolute Gasteiger partial charge is 0.313 e. The van der Waals surface area contributed by atoms with Crippen LogP contribution in [0.15, 0.2) is 0 Å². The molecule has 1 N–H and O–H groups in total. The van der Waals surface area contributed by atoms with Crippen molar-refractivity contribution in [2.75, 3.05) is 6.54 Å². The van der Waals surface area contributed by atoms with Crippen LogP contribution in [0.1, 0.15) is 54.4 Å². The molecule has 0 aliphatic heterocycles. The normalized spacial score (nSPS) is 12.9. The monoisotopic (exact) mass is 185 g/mol. The van der Waals surface area contributed by atoms with E-state index < -0.39 is 0 Å². The molecule has 1 heteroatoms. The van der Waals surface area contributed by atoms with Crippen LogP contribution in [0.4, 0.5) is 0 Å². The highest BCUT2D eigenvalue weighted by atomic mass is 14.9. The molecule has 0 rings (SSSR count). The van der Waals surface area contributed by atoms with Crippen LogP contribution in [0.2, 0.25) is 0 Å². The Morgan fingerprint density at radius 3 is 1.85 bits per heavy atom. The molecule has 0 aromatic rings. The van der Waals surface area contributed by atoms with Crippen LogP contribution < -0.4 is 5.32 Å². The van der Waals surface area contributed by atoms with Gasteiger partial charge in [-0.1, -0.05) is 41.5 Å². The van der Waals surface area contributed by atoms with E-state index >= 15 is 0 Å². The van der Waals surface area contributed by atoms with Gasteiger partial charge >= 0.3 is 0 Å². The van der Waals surface area contributed by atoms with Crippen molar-refractivity contribution in [3.8, 4) is 0 Å². The van der Waals surface area contributed by atoms with Crippen LogP contribution in [0.25, 0.3) is 0 Å². The SMILES string of the molecule is CCC(CC)NCC(C)(C)C(C)C. The Morgan fingerprint density at radius 1 is 1.08 bits per heavy atom. The second kappa shape index (κ2) is 5.64. The maximum Gasteiger partial charge on any atom is 0.00620 e. The minimum Gasteiger partial charge on any atom is -0.313 e. The molecule has 0 bridgehead atoms. The van der Waals surface area contributed by atoms with Crippen LogP contribution in [0, 0.1) is 11.3 Å². The molecular weight excluding hydrogens is 158 g/mol. The molecule has 0 heterocycles. The molecule has 0 radical (unpaired) electrons. The van der Waals surface area contributed by atoms with E-state index in [9.17, 15) is 0 Å². The van der Waals surface area contributed by atoms with E-state index in [1.165, 1.54) is 12.8 Å². The molecule has 0 aromatic carbocycles. The van der Waals surface area contributed by atoms with Crippen molar-refractivity contribution in [1.82, 2.24) is 5.32 Å². The highest BCUT2D eigenvalue weighted by Crippen LogP contribution is 2.24. The van der Waals surface area contributed by atoms with Gasteiger partial charge in [0.2, 0.25) is 0 Å². The Hall–Kier alpha value is -0.0400. The third-order valence-corrected chi connectivity index (χ3v) is 3.39.